The van der Waals surface area contributed by atoms with E-state index in [9.17, 15) is 4.79 Å². The lowest BCUT2D eigenvalue weighted by Crippen LogP contribution is -3.00. The zero-order chi connectivity index (χ0) is 10.4. The van der Waals surface area contributed by atoms with Gasteiger partial charge in [-0.1, -0.05) is 0 Å². The second-order valence-corrected chi connectivity index (χ2v) is 2.90. The lowest BCUT2D eigenvalue weighted by molar-refractivity contribution is -0.568. The van der Waals surface area contributed by atoms with E-state index in [-0.39, 0.29) is 23.0 Å². The molecule has 0 bridgehead atoms. The molecular weight excluding hydrogens is 258 g/mol. The van der Waals surface area contributed by atoms with Gasteiger partial charge in [-0.05, 0) is 19.9 Å². The molecule has 82 valence electrons. The summed E-state index contributed by atoms with van der Waals surface area (Å²) in [4.78, 5) is 11.0. The largest absolute Gasteiger partial charge is 1.00 e. The Hall–Kier alpha value is -1.16. The molecule has 15 heavy (non-hydrogen) atoms. The molecule has 0 amide bonds. The van der Waals surface area contributed by atoms with Crippen LogP contribution in [0.1, 0.15) is 12.5 Å². The molecule has 0 aliphatic heterocycles. The minimum atomic E-state index is -0.318. The molecule has 4 heteroatoms. The maximum absolute atomic E-state index is 11.0. The Labute approximate surface area is 100 Å². The van der Waals surface area contributed by atoms with Crippen LogP contribution in [0.5, 0.6) is 0 Å². The number of ether oxygens (including phenoxy) is 1. The van der Waals surface area contributed by atoms with Crippen LogP contribution in [0, 0.1) is 6.92 Å². The molecule has 0 spiro atoms. The van der Waals surface area contributed by atoms with E-state index in [0.29, 0.717) is 6.61 Å². The van der Waals surface area contributed by atoms with Crippen LogP contribution < -0.4 is 21.5 Å². The summed E-state index contributed by atoms with van der Waals surface area (Å²) in [5, 5.41) is 0. The average Bonchev–Trinajstić information content (AvgIpc) is 2.15. The lowest BCUT2D eigenvalue weighted by Gasteiger charge is -1.93. The molecule has 3 nitrogen and oxygen atoms in total. The van der Waals surface area contributed by atoms with Crippen molar-refractivity contribution in [1.82, 2.24) is 0 Å². The third kappa shape index (κ3) is 5.32. The van der Waals surface area contributed by atoms with Gasteiger partial charge < -0.3 is 21.7 Å². The van der Waals surface area contributed by atoms with E-state index in [0.717, 1.165) is 5.56 Å². The van der Waals surface area contributed by atoms with Gasteiger partial charge in [-0.2, -0.15) is 4.57 Å². The van der Waals surface area contributed by atoms with Crippen LogP contribution in [0.25, 0.3) is 6.20 Å². The quantitative estimate of drug-likeness (QED) is 0.374. The summed E-state index contributed by atoms with van der Waals surface area (Å²) >= 11 is 0. The summed E-state index contributed by atoms with van der Waals surface area (Å²) in [7, 11) is 0. The first-order chi connectivity index (χ1) is 6.72. The van der Waals surface area contributed by atoms with Crippen molar-refractivity contribution in [2.75, 3.05) is 6.61 Å². The van der Waals surface area contributed by atoms with Crippen molar-refractivity contribution in [3.63, 3.8) is 0 Å². The van der Waals surface area contributed by atoms with Gasteiger partial charge in [0.1, 0.15) is 0 Å². The molecule has 0 radical (unpaired) electrons. The number of nitrogens with zero attached hydrogens (tertiary/aromatic N) is 1. The summed E-state index contributed by atoms with van der Waals surface area (Å²) in [6, 6.07) is 3.92. The van der Waals surface area contributed by atoms with Crippen molar-refractivity contribution in [2.45, 2.75) is 13.8 Å². The lowest BCUT2D eigenvalue weighted by atomic mass is 10.3. The van der Waals surface area contributed by atoms with Crippen LogP contribution in [-0.4, -0.2) is 12.6 Å². The van der Waals surface area contributed by atoms with Gasteiger partial charge in [0, 0.05) is 11.6 Å². The average molecular weight is 272 g/mol. The second-order valence-electron chi connectivity index (χ2n) is 2.90. The van der Waals surface area contributed by atoms with Gasteiger partial charge in [0.25, 0.3) is 0 Å². The summed E-state index contributed by atoms with van der Waals surface area (Å²) in [5.41, 5.74) is 1.14. The Morgan fingerprint density at radius 2 is 2.33 bits per heavy atom. The Balaban J connectivity index is 0.00000196. The van der Waals surface area contributed by atoms with Gasteiger partial charge in [0.05, 0.1) is 12.7 Å². The summed E-state index contributed by atoms with van der Waals surface area (Å²) in [6.07, 6.45) is 6.87. The van der Waals surface area contributed by atoms with Crippen molar-refractivity contribution in [1.29, 1.82) is 0 Å². The van der Waals surface area contributed by atoms with Crippen molar-refractivity contribution in [3.8, 4) is 0 Å². The fraction of sp³-hybridized carbons (Fsp3) is 0.273. The minimum Gasteiger partial charge on any atom is -1.00 e. The standard InChI is InChI=1S/C11H14NO2.BrH/c1-3-14-11(13)6-8-12-7-4-5-10(2)9-12;/h4-9H,3H2,1-2H3;1H/q+1;/p-1. The van der Waals surface area contributed by atoms with Crippen molar-refractivity contribution in [3.05, 3.63) is 36.2 Å². The number of pyridine rings is 1. The zero-order valence-corrected chi connectivity index (χ0v) is 10.4. The van der Waals surface area contributed by atoms with E-state index in [1.807, 2.05) is 36.0 Å². The number of hydrogen-bond acceptors (Lipinski definition) is 2. The molecule has 0 aliphatic rings. The normalized spacial score (nSPS) is 9.73. The third-order valence-corrected chi connectivity index (χ3v) is 1.64. The van der Waals surface area contributed by atoms with E-state index in [1.165, 1.54) is 6.08 Å². The van der Waals surface area contributed by atoms with Crippen molar-refractivity contribution < 1.29 is 31.1 Å². The number of aryl methyl sites for hydroxylation is 1. The number of carbonyl (C=O) groups excluding carboxylic acids is 1. The Bertz CT molecular complexity index is 350. The van der Waals surface area contributed by atoms with Crippen LogP contribution in [0.15, 0.2) is 30.6 Å². The predicted molar refractivity (Wildman–Crippen MR) is 53.3 cm³/mol. The van der Waals surface area contributed by atoms with Crippen LogP contribution in [-0.2, 0) is 9.53 Å². The second kappa shape index (κ2) is 7.17. The molecule has 0 aliphatic carbocycles. The molecule has 0 atom stereocenters. The summed E-state index contributed by atoms with van der Waals surface area (Å²) in [6.45, 7) is 4.18. The topological polar surface area (TPSA) is 30.2 Å². The highest BCUT2D eigenvalue weighted by Gasteiger charge is 1.98. The summed E-state index contributed by atoms with van der Waals surface area (Å²) < 4.78 is 6.57. The molecule has 0 N–H and O–H groups in total. The Morgan fingerprint density at radius 1 is 1.60 bits per heavy atom. The van der Waals surface area contributed by atoms with Gasteiger partial charge in [-0.15, -0.1) is 0 Å². The molecule has 0 aromatic carbocycles. The van der Waals surface area contributed by atoms with E-state index >= 15 is 0 Å². The molecule has 0 saturated carbocycles. The number of carbonyl (C=O) groups is 1. The highest BCUT2D eigenvalue weighted by Crippen LogP contribution is 1.89. The number of halogens is 1. The fourth-order valence-corrected chi connectivity index (χ4v) is 1.05. The van der Waals surface area contributed by atoms with Crippen molar-refractivity contribution in [2.24, 2.45) is 0 Å². The number of rotatable bonds is 3. The molecular formula is C11H14BrNO2. The maximum atomic E-state index is 11.0. The minimum absolute atomic E-state index is 0. The van der Waals surface area contributed by atoms with Gasteiger partial charge in [0.2, 0.25) is 0 Å². The smallest absolute Gasteiger partial charge is 0.336 e. The highest BCUT2D eigenvalue weighted by molar-refractivity contribution is 5.84. The molecule has 0 fully saturated rings. The van der Waals surface area contributed by atoms with E-state index in [1.54, 1.807) is 13.1 Å². The van der Waals surface area contributed by atoms with Crippen LogP contribution in [0.3, 0.4) is 0 Å². The first kappa shape index (κ1) is 13.8. The number of aromatic nitrogens is 1. The van der Waals surface area contributed by atoms with E-state index in [4.69, 9.17) is 4.74 Å². The molecule has 1 rings (SSSR count). The predicted octanol–water partition coefficient (Wildman–Crippen LogP) is -1.68. The van der Waals surface area contributed by atoms with E-state index in [2.05, 4.69) is 0 Å². The first-order valence-electron chi connectivity index (χ1n) is 4.54. The van der Waals surface area contributed by atoms with Crippen LogP contribution in [0.2, 0.25) is 0 Å². The molecule has 0 saturated heterocycles. The van der Waals surface area contributed by atoms with Gasteiger partial charge >= 0.3 is 5.97 Å². The number of hydrogen-bond donors (Lipinski definition) is 0. The summed E-state index contributed by atoms with van der Waals surface area (Å²) in [5.74, 6) is -0.318. The molecule has 1 heterocycles. The third-order valence-electron chi connectivity index (χ3n) is 1.64. The molecule has 0 unspecified atom stereocenters. The number of esters is 1. The van der Waals surface area contributed by atoms with Gasteiger partial charge in [-0.25, -0.2) is 4.79 Å². The molecule has 1 aromatic rings. The van der Waals surface area contributed by atoms with Crippen LogP contribution >= 0.6 is 0 Å². The Morgan fingerprint density at radius 3 is 2.93 bits per heavy atom. The van der Waals surface area contributed by atoms with Crippen molar-refractivity contribution >= 4 is 12.2 Å². The first-order valence-corrected chi connectivity index (χ1v) is 4.54. The van der Waals surface area contributed by atoms with Crippen LogP contribution in [0.4, 0.5) is 0 Å². The molecule has 1 aromatic heterocycles. The van der Waals surface area contributed by atoms with Gasteiger partial charge in [-0.3, -0.25) is 0 Å². The highest BCUT2D eigenvalue weighted by atomic mass is 79.9. The van der Waals surface area contributed by atoms with E-state index < -0.39 is 0 Å². The SMILES string of the molecule is CCOC(=O)C=C[n+]1cccc(C)c1.[Br-]. The Kier molecular flexibility index (Phi) is 6.62. The monoisotopic (exact) mass is 271 g/mol. The fourth-order valence-electron chi connectivity index (χ4n) is 1.05. The van der Waals surface area contributed by atoms with Gasteiger partial charge in [0.15, 0.2) is 18.6 Å². The zero-order valence-electron chi connectivity index (χ0n) is 8.81. The maximum Gasteiger partial charge on any atom is 0.336 e.